The van der Waals surface area contributed by atoms with Crippen LogP contribution < -0.4 is 14.2 Å². The molecule has 30 heavy (non-hydrogen) atoms. The van der Waals surface area contributed by atoms with Crippen molar-refractivity contribution < 1.29 is 24.1 Å². The van der Waals surface area contributed by atoms with Crippen LogP contribution in [0.2, 0.25) is 0 Å². The lowest BCUT2D eigenvalue weighted by molar-refractivity contribution is 0.101. The van der Waals surface area contributed by atoms with E-state index in [1.165, 1.54) is 6.42 Å². The average molecular weight is 409 g/mol. The van der Waals surface area contributed by atoms with Crippen LogP contribution in [-0.2, 0) is 6.54 Å². The number of nitrogens with zero attached hydrogens (tertiary/aromatic N) is 1. The number of carbonyl (C=O) groups excluding carboxylic acids is 1. The third-order valence-corrected chi connectivity index (χ3v) is 5.94. The van der Waals surface area contributed by atoms with Gasteiger partial charge in [-0.25, -0.2) is 0 Å². The number of methoxy groups -OCH3 is 2. The molecule has 6 nitrogen and oxygen atoms in total. The minimum atomic E-state index is -0.206. The maximum atomic E-state index is 13.0. The van der Waals surface area contributed by atoms with Crippen molar-refractivity contribution in [2.75, 3.05) is 20.8 Å². The molecule has 0 bridgehead atoms. The van der Waals surface area contributed by atoms with Crippen LogP contribution in [0, 0.1) is 0 Å². The number of aromatic hydroxyl groups is 1. The number of allylic oxidation sites excluding steroid dienone is 1. The summed E-state index contributed by atoms with van der Waals surface area (Å²) >= 11 is 0. The number of carbonyl (C=O) groups is 1. The Morgan fingerprint density at radius 1 is 1.20 bits per heavy atom. The van der Waals surface area contributed by atoms with E-state index in [1.807, 2.05) is 12.1 Å². The number of rotatable bonds is 5. The number of hydrogen-bond donors (Lipinski definition) is 1. The van der Waals surface area contributed by atoms with E-state index in [1.54, 1.807) is 38.5 Å². The van der Waals surface area contributed by atoms with Crippen molar-refractivity contribution >= 4 is 11.9 Å². The number of benzene rings is 2. The lowest BCUT2D eigenvalue weighted by atomic mass is 10.0. The summed E-state index contributed by atoms with van der Waals surface area (Å²) in [5.74, 6) is 1.71. The minimum Gasteiger partial charge on any atom is -0.507 e. The van der Waals surface area contributed by atoms with E-state index in [2.05, 4.69) is 11.8 Å². The van der Waals surface area contributed by atoms with E-state index in [9.17, 15) is 9.90 Å². The van der Waals surface area contributed by atoms with Crippen molar-refractivity contribution in [2.24, 2.45) is 0 Å². The first-order chi connectivity index (χ1) is 14.5. The third-order valence-electron chi connectivity index (χ3n) is 5.94. The number of fused-ring (bicyclic) bond motifs is 1. The Bertz CT molecular complexity index is 997. The van der Waals surface area contributed by atoms with Crippen LogP contribution in [0.25, 0.3) is 6.08 Å². The van der Waals surface area contributed by atoms with E-state index in [-0.39, 0.29) is 17.3 Å². The molecule has 2 aliphatic heterocycles. The first-order valence-electron chi connectivity index (χ1n) is 10.3. The quantitative estimate of drug-likeness (QED) is 0.739. The summed E-state index contributed by atoms with van der Waals surface area (Å²) in [5, 5.41) is 10.5. The van der Waals surface area contributed by atoms with E-state index >= 15 is 0 Å². The summed E-state index contributed by atoms with van der Waals surface area (Å²) in [6.07, 6.45) is 5.16. The molecule has 158 valence electrons. The molecule has 0 saturated carbocycles. The molecule has 1 fully saturated rings. The predicted octanol–water partition coefficient (Wildman–Crippen LogP) is 4.40. The highest BCUT2D eigenvalue weighted by Gasteiger charge is 2.33. The van der Waals surface area contributed by atoms with Crippen molar-refractivity contribution in [1.29, 1.82) is 0 Å². The van der Waals surface area contributed by atoms with Gasteiger partial charge in [-0.3, -0.25) is 9.69 Å². The Kier molecular flexibility index (Phi) is 5.68. The number of ketones is 1. The molecule has 0 unspecified atom stereocenters. The van der Waals surface area contributed by atoms with Gasteiger partial charge in [-0.2, -0.15) is 0 Å². The second kappa shape index (κ2) is 8.40. The molecular weight excluding hydrogens is 382 g/mol. The lowest BCUT2D eigenvalue weighted by Gasteiger charge is -2.33. The molecule has 0 radical (unpaired) electrons. The van der Waals surface area contributed by atoms with Gasteiger partial charge < -0.3 is 19.3 Å². The molecule has 4 rings (SSSR count). The number of ether oxygens (including phenoxy) is 3. The molecule has 1 atom stereocenters. The molecular formula is C24H27NO5. The van der Waals surface area contributed by atoms with Crippen molar-refractivity contribution in [3.63, 3.8) is 0 Å². The van der Waals surface area contributed by atoms with Gasteiger partial charge in [0, 0.05) is 18.2 Å². The fourth-order valence-electron chi connectivity index (χ4n) is 4.21. The number of phenols is 1. The highest BCUT2D eigenvalue weighted by Crippen LogP contribution is 2.41. The zero-order valence-corrected chi connectivity index (χ0v) is 17.6. The van der Waals surface area contributed by atoms with Gasteiger partial charge in [-0.15, -0.1) is 0 Å². The highest BCUT2D eigenvalue weighted by molar-refractivity contribution is 6.15. The maximum absolute atomic E-state index is 13.0. The molecule has 1 N–H and O–H groups in total. The van der Waals surface area contributed by atoms with E-state index in [0.29, 0.717) is 46.5 Å². The number of phenolic OH excluding ortho intramolecular Hbond substituents is 1. The van der Waals surface area contributed by atoms with Gasteiger partial charge in [-0.05, 0) is 50.6 Å². The molecule has 0 amide bonds. The molecule has 1 saturated heterocycles. The number of likely N-dealkylation sites (tertiary alicyclic amines) is 1. The van der Waals surface area contributed by atoms with Gasteiger partial charge >= 0.3 is 0 Å². The van der Waals surface area contributed by atoms with Crippen molar-refractivity contribution in [2.45, 2.75) is 38.8 Å². The van der Waals surface area contributed by atoms with Gasteiger partial charge in [0.15, 0.2) is 17.3 Å². The number of hydrogen-bond acceptors (Lipinski definition) is 6. The second-order valence-corrected chi connectivity index (χ2v) is 7.78. The summed E-state index contributed by atoms with van der Waals surface area (Å²) in [6, 6.07) is 9.10. The van der Waals surface area contributed by atoms with E-state index in [0.717, 1.165) is 19.4 Å². The molecule has 2 heterocycles. The monoisotopic (exact) mass is 409 g/mol. The van der Waals surface area contributed by atoms with Crippen LogP contribution in [0.5, 0.6) is 23.0 Å². The van der Waals surface area contributed by atoms with E-state index in [4.69, 9.17) is 14.2 Å². The van der Waals surface area contributed by atoms with Crippen molar-refractivity contribution in [3.05, 3.63) is 52.8 Å². The SMILES string of the molecule is COc1cccc(/C=C2\Oc3c(ccc(O)c3CN3CCCC[C@H]3C)C2=O)c1OC. The van der Waals surface area contributed by atoms with Crippen LogP contribution in [0.3, 0.4) is 0 Å². The third kappa shape index (κ3) is 3.63. The number of para-hydroxylation sites is 1. The van der Waals surface area contributed by atoms with Crippen LogP contribution in [0.4, 0.5) is 0 Å². The van der Waals surface area contributed by atoms with Crippen molar-refractivity contribution in [1.82, 2.24) is 4.90 Å². The Hall–Kier alpha value is -2.99. The second-order valence-electron chi connectivity index (χ2n) is 7.78. The maximum Gasteiger partial charge on any atom is 0.231 e. The minimum absolute atomic E-state index is 0.152. The molecule has 0 spiro atoms. The molecule has 2 aliphatic rings. The molecule has 0 aliphatic carbocycles. The van der Waals surface area contributed by atoms with Crippen molar-refractivity contribution in [3.8, 4) is 23.0 Å². The fraction of sp³-hybridized carbons (Fsp3) is 0.375. The van der Waals surface area contributed by atoms with E-state index < -0.39 is 0 Å². The zero-order chi connectivity index (χ0) is 21.3. The van der Waals surface area contributed by atoms with Gasteiger partial charge in [0.1, 0.15) is 11.5 Å². The summed E-state index contributed by atoms with van der Waals surface area (Å²) in [6.45, 7) is 3.73. The van der Waals surface area contributed by atoms with Crippen LogP contribution in [-0.4, -0.2) is 42.6 Å². The topological polar surface area (TPSA) is 68.2 Å². The van der Waals surface area contributed by atoms with Crippen LogP contribution in [0.15, 0.2) is 36.1 Å². The Balaban J connectivity index is 1.69. The first-order valence-corrected chi connectivity index (χ1v) is 10.3. The normalized spacial score (nSPS) is 20.2. The Labute approximate surface area is 176 Å². The summed E-state index contributed by atoms with van der Waals surface area (Å²) in [4.78, 5) is 15.3. The Morgan fingerprint density at radius 3 is 2.77 bits per heavy atom. The number of Topliss-reactive ketones (excluding diaryl/α,β-unsaturated/α-hetero) is 1. The lowest BCUT2D eigenvalue weighted by Crippen LogP contribution is -2.36. The smallest absolute Gasteiger partial charge is 0.231 e. The fourth-order valence-corrected chi connectivity index (χ4v) is 4.21. The summed E-state index contributed by atoms with van der Waals surface area (Å²) in [5.41, 5.74) is 1.82. The molecule has 6 heteroatoms. The highest BCUT2D eigenvalue weighted by atomic mass is 16.5. The summed E-state index contributed by atoms with van der Waals surface area (Å²) in [7, 11) is 3.13. The van der Waals surface area contributed by atoms with Gasteiger partial charge in [0.25, 0.3) is 0 Å². The van der Waals surface area contributed by atoms with Gasteiger partial charge in [-0.1, -0.05) is 18.6 Å². The Morgan fingerprint density at radius 2 is 2.03 bits per heavy atom. The van der Waals surface area contributed by atoms with Crippen LogP contribution >= 0.6 is 0 Å². The summed E-state index contributed by atoms with van der Waals surface area (Å²) < 4.78 is 16.8. The largest absolute Gasteiger partial charge is 0.507 e. The van der Waals surface area contributed by atoms with Gasteiger partial charge in [0.2, 0.25) is 5.78 Å². The molecule has 0 aromatic heterocycles. The zero-order valence-electron chi connectivity index (χ0n) is 17.6. The number of piperidine rings is 1. The van der Waals surface area contributed by atoms with Gasteiger partial charge in [0.05, 0.1) is 25.3 Å². The average Bonchev–Trinajstić information content (AvgIpc) is 3.06. The predicted molar refractivity (Wildman–Crippen MR) is 114 cm³/mol. The molecule has 2 aromatic carbocycles. The first kappa shape index (κ1) is 20.3. The molecule has 2 aromatic rings. The standard InChI is InChI=1S/C24H27NO5/c1-15-7-4-5-12-25(15)14-18-19(26)11-10-17-22(27)21(30-24(17)18)13-16-8-6-9-20(28-2)23(16)29-3/h6,8-11,13,15,26H,4-5,7,12,14H2,1-3H3/b21-13-/t15-/m1/s1. The van der Waals surface area contributed by atoms with Crippen LogP contribution in [0.1, 0.15) is 47.7 Å².